The van der Waals surface area contributed by atoms with Gasteiger partial charge in [0.25, 0.3) is 5.91 Å². The van der Waals surface area contributed by atoms with Crippen molar-refractivity contribution in [3.63, 3.8) is 0 Å². The Morgan fingerprint density at radius 2 is 1.30 bits per heavy atom. The third-order valence-electron chi connectivity index (χ3n) is 8.82. The number of nitrogens with one attached hydrogen (secondary N) is 1. The van der Waals surface area contributed by atoms with E-state index >= 15 is 0 Å². The summed E-state index contributed by atoms with van der Waals surface area (Å²) in [6.45, 7) is 14.3. The van der Waals surface area contributed by atoms with Crippen molar-refractivity contribution in [3.05, 3.63) is 119 Å². The van der Waals surface area contributed by atoms with Gasteiger partial charge in [0.15, 0.2) is 0 Å². The third-order valence-corrected chi connectivity index (χ3v) is 8.82. The fourth-order valence-electron chi connectivity index (χ4n) is 5.97. The van der Waals surface area contributed by atoms with E-state index in [1.807, 2.05) is 31.3 Å². The second-order valence-electron chi connectivity index (χ2n) is 13.5. The van der Waals surface area contributed by atoms with E-state index in [0.29, 0.717) is 18.2 Å². The number of carbonyl (C=O) groups excluding carboxylic acids is 1. The monoisotopic (exact) mass is 630 g/mol. The third kappa shape index (κ3) is 6.41. The molecule has 0 radical (unpaired) electrons. The molecule has 3 aromatic carbocycles. The number of ether oxygens (including phenoxy) is 2. The van der Waals surface area contributed by atoms with Crippen LogP contribution in [-0.4, -0.2) is 29.1 Å². The number of pyridine rings is 2. The maximum atomic E-state index is 13.8. The first-order valence-electron chi connectivity index (χ1n) is 15.6. The summed E-state index contributed by atoms with van der Waals surface area (Å²) >= 11 is 0. The van der Waals surface area contributed by atoms with E-state index in [-0.39, 0.29) is 16.4 Å². The molecule has 0 aliphatic carbocycles. The zero-order chi connectivity index (χ0) is 33.5. The molecule has 2 aliphatic rings. The van der Waals surface area contributed by atoms with Crippen LogP contribution in [0.1, 0.15) is 60.3 Å². The number of anilines is 2. The van der Waals surface area contributed by atoms with E-state index in [1.54, 1.807) is 24.4 Å². The Morgan fingerprint density at radius 1 is 0.766 bits per heavy atom. The molecule has 47 heavy (non-hydrogen) atoms. The normalized spacial score (nSPS) is 15.0. The maximum absolute atomic E-state index is 13.8. The van der Waals surface area contributed by atoms with Crippen molar-refractivity contribution in [1.29, 1.82) is 0 Å². The second kappa shape index (κ2) is 12.2. The van der Waals surface area contributed by atoms with Gasteiger partial charge in [-0.15, -0.1) is 0 Å². The molecule has 2 aromatic heterocycles. The summed E-state index contributed by atoms with van der Waals surface area (Å²) in [4.78, 5) is 20.7. The molecule has 0 saturated carbocycles. The summed E-state index contributed by atoms with van der Waals surface area (Å²) in [7, 11) is 0. The Bertz CT molecular complexity index is 1970. The van der Waals surface area contributed by atoms with E-state index in [4.69, 9.17) is 15.2 Å². The molecule has 5 aromatic rings. The molecular weight excluding hydrogens is 591 g/mol. The molecule has 0 saturated heterocycles. The van der Waals surface area contributed by atoms with Crippen LogP contribution in [0.15, 0.2) is 85.2 Å². The first-order chi connectivity index (χ1) is 22.3. The van der Waals surface area contributed by atoms with Crippen LogP contribution in [0.3, 0.4) is 0 Å². The zero-order valence-corrected chi connectivity index (χ0v) is 27.6. The summed E-state index contributed by atoms with van der Waals surface area (Å²) in [5.74, 6) is 1.79. The fourth-order valence-corrected chi connectivity index (χ4v) is 5.97. The lowest BCUT2D eigenvalue weighted by Crippen LogP contribution is -2.18. The lowest BCUT2D eigenvalue weighted by Gasteiger charge is -2.17. The van der Waals surface area contributed by atoms with Crippen LogP contribution in [0.2, 0.25) is 0 Å². The van der Waals surface area contributed by atoms with Crippen molar-refractivity contribution in [2.45, 2.75) is 52.4 Å². The van der Waals surface area contributed by atoms with Gasteiger partial charge in [0.05, 0.1) is 18.8 Å². The number of hydrogen-bond acceptors (Lipinski definition) is 6. The van der Waals surface area contributed by atoms with E-state index in [9.17, 15) is 9.18 Å². The van der Waals surface area contributed by atoms with Gasteiger partial charge >= 0.3 is 0 Å². The average Bonchev–Trinajstić information content (AvgIpc) is 3.50. The summed E-state index contributed by atoms with van der Waals surface area (Å²) in [6, 6.07) is 21.9. The number of fused-ring (bicyclic) bond motifs is 2. The van der Waals surface area contributed by atoms with Gasteiger partial charge in [-0.3, -0.25) is 4.79 Å². The van der Waals surface area contributed by atoms with Crippen molar-refractivity contribution < 1.29 is 18.7 Å². The number of amides is 1. The predicted octanol–water partition coefficient (Wildman–Crippen LogP) is 8.43. The first-order valence-corrected chi connectivity index (χ1v) is 15.6. The molecule has 7 rings (SSSR count). The number of nitrogens with two attached hydrogens (primary N) is 1. The van der Waals surface area contributed by atoms with Gasteiger partial charge in [-0.05, 0) is 96.8 Å². The molecule has 0 atom stereocenters. The van der Waals surface area contributed by atoms with Gasteiger partial charge in [-0.25, -0.2) is 14.4 Å². The van der Waals surface area contributed by atoms with Gasteiger partial charge < -0.3 is 20.5 Å². The number of aryl methyl sites for hydroxylation is 2. The van der Waals surface area contributed by atoms with Crippen LogP contribution in [0, 0.1) is 19.7 Å². The Kier molecular flexibility index (Phi) is 8.22. The minimum Gasteiger partial charge on any atom is -0.492 e. The summed E-state index contributed by atoms with van der Waals surface area (Å²) < 4.78 is 25.3. The molecule has 3 N–H and O–H groups in total. The Balaban J connectivity index is 0.000000177. The van der Waals surface area contributed by atoms with Crippen LogP contribution in [-0.2, 0) is 10.8 Å². The molecule has 8 heteroatoms. The zero-order valence-electron chi connectivity index (χ0n) is 27.6. The number of halogens is 1. The summed E-state index contributed by atoms with van der Waals surface area (Å²) in [5, 5.41) is 2.64. The molecule has 0 bridgehead atoms. The SMILES string of the molecule is Cc1cc2c(cc1-c1ccc(N)nc1)C(C)(C)CO2.Cc1cc2c(cc1-c1ccc(NC(=O)c3ccccc3F)nc1)C(C)(C)CO2. The largest absolute Gasteiger partial charge is 0.492 e. The van der Waals surface area contributed by atoms with Crippen LogP contribution >= 0.6 is 0 Å². The highest BCUT2D eigenvalue weighted by Crippen LogP contribution is 2.43. The highest BCUT2D eigenvalue weighted by molar-refractivity contribution is 6.04. The second-order valence-corrected chi connectivity index (χ2v) is 13.5. The molecule has 0 fully saturated rings. The van der Waals surface area contributed by atoms with Gasteiger partial charge in [-0.1, -0.05) is 39.8 Å². The average molecular weight is 631 g/mol. The van der Waals surface area contributed by atoms with Crippen molar-refractivity contribution in [1.82, 2.24) is 9.97 Å². The van der Waals surface area contributed by atoms with E-state index in [0.717, 1.165) is 40.4 Å². The van der Waals surface area contributed by atoms with Crippen molar-refractivity contribution in [2.75, 3.05) is 24.3 Å². The van der Waals surface area contributed by atoms with Crippen molar-refractivity contribution in [3.8, 4) is 33.8 Å². The fraction of sp³-hybridized carbons (Fsp3) is 0.256. The van der Waals surface area contributed by atoms with Crippen LogP contribution < -0.4 is 20.5 Å². The number of aromatic nitrogens is 2. The molecule has 7 nitrogen and oxygen atoms in total. The molecule has 1 amide bonds. The smallest absolute Gasteiger partial charge is 0.259 e. The topological polar surface area (TPSA) is 99.4 Å². The van der Waals surface area contributed by atoms with Crippen molar-refractivity contribution in [2.24, 2.45) is 0 Å². The minimum atomic E-state index is -0.560. The number of nitrogens with zero attached hydrogens (tertiary/aromatic N) is 2. The molecular formula is C39H39FN4O3. The lowest BCUT2D eigenvalue weighted by molar-refractivity contribution is 0.102. The van der Waals surface area contributed by atoms with Crippen LogP contribution in [0.25, 0.3) is 22.3 Å². The summed E-state index contributed by atoms with van der Waals surface area (Å²) in [6.07, 6.45) is 3.54. The lowest BCUT2D eigenvalue weighted by atomic mass is 9.84. The summed E-state index contributed by atoms with van der Waals surface area (Å²) in [5.41, 5.74) is 14.7. The number of hydrogen-bond donors (Lipinski definition) is 2. The predicted molar refractivity (Wildman–Crippen MR) is 185 cm³/mol. The molecule has 2 aliphatic heterocycles. The number of benzene rings is 3. The van der Waals surface area contributed by atoms with E-state index in [2.05, 4.69) is 74.2 Å². The van der Waals surface area contributed by atoms with Gasteiger partial charge in [0, 0.05) is 45.5 Å². The number of nitrogen functional groups attached to an aromatic ring is 1. The highest BCUT2D eigenvalue weighted by atomic mass is 19.1. The maximum Gasteiger partial charge on any atom is 0.259 e. The standard InChI is InChI=1S/C23H21FN2O2.C16H18N2O/c1-14-10-20-18(23(2,3)13-28-20)11-17(14)15-8-9-21(25-12-15)26-22(27)16-6-4-5-7-19(16)24;1-10-6-14-13(16(2,3)9-19-14)7-12(10)11-4-5-15(17)18-8-11/h4-12H,13H2,1-3H3,(H,25,26,27);4-8H,9H2,1-3H3,(H2,17,18). The van der Waals surface area contributed by atoms with Crippen LogP contribution in [0.5, 0.6) is 11.5 Å². The Hall–Kier alpha value is -5.24. The van der Waals surface area contributed by atoms with Gasteiger partial charge in [0.1, 0.15) is 29.0 Å². The number of carbonyl (C=O) groups is 1. The first kappa shape index (κ1) is 31.7. The van der Waals surface area contributed by atoms with Crippen molar-refractivity contribution >= 4 is 17.5 Å². The Morgan fingerprint density at radius 3 is 1.79 bits per heavy atom. The molecule has 240 valence electrons. The van der Waals surface area contributed by atoms with Crippen LogP contribution in [0.4, 0.5) is 16.0 Å². The highest BCUT2D eigenvalue weighted by Gasteiger charge is 2.33. The quantitative estimate of drug-likeness (QED) is 0.207. The minimum absolute atomic E-state index is 0.00919. The number of rotatable bonds is 4. The van der Waals surface area contributed by atoms with Gasteiger partial charge in [-0.2, -0.15) is 0 Å². The molecule has 4 heterocycles. The van der Waals surface area contributed by atoms with E-state index < -0.39 is 11.7 Å². The Labute approximate surface area is 275 Å². The molecule has 0 unspecified atom stereocenters. The molecule has 0 spiro atoms. The van der Waals surface area contributed by atoms with E-state index in [1.165, 1.54) is 34.4 Å². The van der Waals surface area contributed by atoms with Gasteiger partial charge in [0.2, 0.25) is 0 Å².